The van der Waals surface area contributed by atoms with E-state index < -0.39 is 11.6 Å². The van der Waals surface area contributed by atoms with Gasteiger partial charge in [0.15, 0.2) is 5.52 Å². The van der Waals surface area contributed by atoms with Gasteiger partial charge in [-0.25, -0.2) is 9.78 Å². The molecule has 3 aromatic rings. The lowest BCUT2D eigenvalue weighted by Gasteiger charge is -2.33. The summed E-state index contributed by atoms with van der Waals surface area (Å²) < 4.78 is 8.47. The number of carboxylic acid groups (broad SMARTS) is 1. The molecule has 8 heteroatoms. The monoisotopic (exact) mass is 400 g/mol. The Kier molecular flexibility index (Phi) is 5.93. The van der Waals surface area contributed by atoms with Crippen LogP contribution in [0.25, 0.3) is 21.9 Å². The Morgan fingerprint density at radius 2 is 2.07 bits per heavy atom. The lowest BCUT2D eigenvalue weighted by molar-refractivity contribution is -0.575. The van der Waals surface area contributed by atoms with Crippen molar-refractivity contribution in [3.05, 3.63) is 41.5 Å². The number of carbonyl (C=O) groups is 1. The number of fused-ring (bicyclic) bond motifs is 3. The van der Waals surface area contributed by atoms with Gasteiger partial charge >= 0.3 is 6.09 Å². The first-order valence-corrected chi connectivity index (χ1v) is 9.82. The van der Waals surface area contributed by atoms with E-state index in [4.69, 9.17) is 4.74 Å². The topological polar surface area (TPSA) is 94.5 Å². The fourth-order valence-corrected chi connectivity index (χ4v) is 3.59. The van der Waals surface area contributed by atoms with Gasteiger partial charge in [0.1, 0.15) is 12.4 Å². The number of para-hydroxylation sites is 1. The van der Waals surface area contributed by atoms with E-state index >= 15 is 0 Å². The van der Waals surface area contributed by atoms with Crippen molar-refractivity contribution in [1.29, 1.82) is 0 Å². The molecular weight excluding hydrogens is 372 g/mol. The molecule has 0 saturated carbocycles. The first kappa shape index (κ1) is 20.9. The van der Waals surface area contributed by atoms with Gasteiger partial charge in [-0.1, -0.05) is 12.1 Å². The summed E-state index contributed by atoms with van der Waals surface area (Å²) >= 11 is 0. The maximum atomic E-state index is 12.4. The molecule has 0 aliphatic carbocycles. The molecule has 1 amide bonds. The number of benzene rings is 1. The van der Waals surface area contributed by atoms with E-state index in [1.54, 1.807) is 6.07 Å². The van der Waals surface area contributed by atoms with Gasteiger partial charge in [0, 0.05) is 31.3 Å². The standard InChI is InChI=1S/C21H28N4O4/c1-5-29-14-18-22-16-13-25(28)17-10-7-6-9-15(17)19(16)23(18)11-8-12-24(20(26)27)21(2,3)4/h6-7,9-10,13H,5,8,11-12,14H2,1-4H3,(H,26,27). The predicted octanol–water partition coefficient (Wildman–Crippen LogP) is 3.53. The number of rotatable bonds is 7. The van der Waals surface area contributed by atoms with Crippen molar-refractivity contribution in [1.82, 2.24) is 14.5 Å². The first-order valence-electron chi connectivity index (χ1n) is 9.82. The van der Waals surface area contributed by atoms with Crippen LogP contribution in [0, 0.1) is 5.21 Å². The van der Waals surface area contributed by atoms with Crippen LogP contribution in [0.5, 0.6) is 0 Å². The van der Waals surface area contributed by atoms with Crippen LogP contribution < -0.4 is 4.73 Å². The third-order valence-corrected chi connectivity index (χ3v) is 4.95. The van der Waals surface area contributed by atoms with Gasteiger partial charge < -0.3 is 24.5 Å². The van der Waals surface area contributed by atoms with Gasteiger partial charge in [0.25, 0.3) is 0 Å². The number of hydrogen-bond acceptors (Lipinski definition) is 4. The van der Waals surface area contributed by atoms with Crippen molar-refractivity contribution in [3.63, 3.8) is 0 Å². The molecule has 2 heterocycles. The summed E-state index contributed by atoms with van der Waals surface area (Å²) in [6.45, 7) is 9.44. The second kappa shape index (κ2) is 8.24. The van der Waals surface area contributed by atoms with E-state index in [-0.39, 0.29) is 0 Å². The number of hydrogen-bond donors (Lipinski definition) is 1. The summed E-state index contributed by atoms with van der Waals surface area (Å²) in [5.74, 6) is 0.732. The zero-order valence-corrected chi connectivity index (χ0v) is 17.4. The Labute approximate surface area is 169 Å². The van der Waals surface area contributed by atoms with E-state index in [9.17, 15) is 15.1 Å². The van der Waals surface area contributed by atoms with Crippen LogP contribution in [0.2, 0.25) is 0 Å². The summed E-state index contributed by atoms with van der Waals surface area (Å²) in [6, 6.07) is 7.42. The Hall–Kier alpha value is -2.87. The van der Waals surface area contributed by atoms with E-state index in [1.165, 1.54) is 11.1 Å². The van der Waals surface area contributed by atoms with Crippen molar-refractivity contribution in [2.45, 2.75) is 52.8 Å². The first-order chi connectivity index (χ1) is 13.7. The highest BCUT2D eigenvalue weighted by Crippen LogP contribution is 2.25. The fraction of sp³-hybridized carbons (Fsp3) is 0.476. The van der Waals surface area contributed by atoms with Gasteiger partial charge in [0.2, 0.25) is 11.7 Å². The number of imidazole rings is 1. The zero-order valence-electron chi connectivity index (χ0n) is 17.4. The second-order valence-electron chi connectivity index (χ2n) is 7.98. The zero-order chi connectivity index (χ0) is 21.2. The van der Waals surface area contributed by atoms with E-state index in [1.807, 2.05) is 45.9 Å². The number of aromatic nitrogens is 3. The third kappa shape index (κ3) is 4.27. The molecule has 0 unspecified atom stereocenters. The number of nitrogens with zero attached hydrogens (tertiary/aromatic N) is 4. The largest absolute Gasteiger partial charge is 0.618 e. The summed E-state index contributed by atoms with van der Waals surface area (Å²) in [5, 5.41) is 22.7. The molecule has 0 aliphatic heterocycles. The van der Waals surface area contributed by atoms with E-state index in [0.29, 0.717) is 43.8 Å². The van der Waals surface area contributed by atoms with Crippen LogP contribution in [0.4, 0.5) is 4.79 Å². The highest BCUT2D eigenvalue weighted by Gasteiger charge is 2.26. The van der Waals surface area contributed by atoms with Crippen LogP contribution in [0.15, 0.2) is 30.5 Å². The van der Waals surface area contributed by atoms with Gasteiger partial charge in [-0.3, -0.25) is 0 Å². The van der Waals surface area contributed by atoms with Crippen molar-refractivity contribution >= 4 is 28.0 Å². The summed E-state index contributed by atoms with van der Waals surface area (Å²) in [5.41, 5.74) is 1.59. The summed E-state index contributed by atoms with van der Waals surface area (Å²) in [7, 11) is 0. The van der Waals surface area contributed by atoms with Crippen molar-refractivity contribution in [2.75, 3.05) is 13.2 Å². The van der Waals surface area contributed by atoms with Crippen LogP contribution >= 0.6 is 0 Å². The minimum Gasteiger partial charge on any atom is -0.618 e. The van der Waals surface area contributed by atoms with Crippen molar-refractivity contribution in [2.24, 2.45) is 0 Å². The Balaban J connectivity index is 2.00. The average molecular weight is 400 g/mol. The van der Waals surface area contributed by atoms with Gasteiger partial charge in [0.05, 0.1) is 10.9 Å². The highest BCUT2D eigenvalue weighted by atomic mass is 16.5. The molecule has 29 heavy (non-hydrogen) atoms. The highest BCUT2D eigenvalue weighted by molar-refractivity contribution is 6.00. The second-order valence-corrected chi connectivity index (χ2v) is 7.98. The quantitative estimate of drug-likeness (QED) is 0.484. The lowest BCUT2D eigenvalue weighted by Crippen LogP contribution is -2.45. The molecule has 8 nitrogen and oxygen atoms in total. The van der Waals surface area contributed by atoms with Crippen molar-refractivity contribution < 1.29 is 19.4 Å². The molecule has 0 atom stereocenters. The number of aryl methyl sites for hydroxylation is 1. The minimum absolute atomic E-state index is 0.334. The number of pyridine rings is 1. The van der Waals surface area contributed by atoms with Gasteiger partial charge in [-0.2, -0.15) is 4.73 Å². The number of amides is 1. The smallest absolute Gasteiger partial charge is 0.407 e. The summed E-state index contributed by atoms with van der Waals surface area (Å²) in [4.78, 5) is 17.7. The maximum Gasteiger partial charge on any atom is 0.407 e. The molecule has 0 fully saturated rings. The van der Waals surface area contributed by atoms with Crippen LogP contribution in [0.1, 0.15) is 39.9 Å². The molecule has 2 aromatic heterocycles. The molecular formula is C21H28N4O4. The average Bonchev–Trinajstić information content (AvgIpc) is 2.99. The molecule has 0 spiro atoms. The van der Waals surface area contributed by atoms with Crippen LogP contribution in [-0.2, 0) is 17.9 Å². The molecule has 0 bridgehead atoms. The lowest BCUT2D eigenvalue weighted by atomic mass is 10.1. The number of ether oxygens (including phenoxy) is 1. The third-order valence-electron chi connectivity index (χ3n) is 4.95. The Morgan fingerprint density at radius 3 is 2.72 bits per heavy atom. The minimum atomic E-state index is -0.930. The molecule has 3 rings (SSSR count). The van der Waals surface area contributed by atoms with Gasteiger partial charge in [-0.05, 0) is 40.2 Å². The van der Waals surface area contributed by atoms with E-state index in [2.05, 4.69) is 9.55 Å². The van der Waals surface area contributed by atoms with Crippen LogP contribution in [-0.4, -0.2) is 44.3 Å². The molecule has 0 aliphatic rings. The van der Waals surface area contributed by atoms with Crippen molar-refractivity contribution in [3.8, 4) is 0 Å². The molecule has 0 saturated heterocycles. The summed E-state index contributed by atoms with van der Waals surface area (Å²) in [6.07, 6.45) is 1.18. The molecule has 1 N–H and O–H groups in total. The van der Waals surface area contributed by atoms with Gasteiger partial charge in [-0.15, -0.1) is 0 Å². The molecule has 156 valence electrons. The fourth-order valence-electron chi connectivity index (χ4n) is 3.59. The SMILES string of the molecule is CCOCc1nc2c[n+]([O-])c3ccccc3c2n1CCCN(C(=O)O)C(C)(C)C. The normalized spacial score (nSPS) is 12.0. The predicted molar refractivity (Wildman–Crippen MR) is 111 cm³/mol. The maximum absolute atomic E-state index is 12.4. The van der Waals surface area contributed by atoms with E-state index in [0.717, 1.165) is 21.5 Å². The van der Waals surface area contributed by atoms with Crippen LogP contribution in [0.3, 0.4) is 0 Å². The molecule has 0 radical (unpaired) electrons. The Bertz CT molecular complexity index is 1020. The Morgan fingerprint density at radius 1 is 1.34 bits per heavy atom. The molecule has 1 aromatic carbocycles.